The van der Waals surface area contributed by atoms with Gasteiger partial charge in [0.2, 0.25) is 11.7 Å². The summed E-state index contributed by atoms with van der Waals surface area (Å²) in [5, 5.41) is 10.1. The number of halogens is 1. The van der Waals surface area contributed by atoms with Gasteiger partial charge in [0.1, 0.15) is 17.6 Å². The summed E-state index contributed by atoms with van der Waals surface area (Å²) in [6.45, 7) is 8.00. The largest absolute Gasteiger partial charge is 0.458 e. The molecule has 4 unspecified atom stereocenters. The number of hydrogen-bond donors (Lipinski definition) is 2. The van der Waals surface area contributed by atoms with E-state index in [1.165, 1.54) is 46.9 Å². The molecule has 0 aliphatic carbocycles. The summed E-state index contributed by atoms with van der Waals surface area (Å²) in [6, 6.07) is 10.6. The van der Waals surface area contributed by atoms with Crippen molar-refractivity contribution in [2.24, 2.45) is 5.92 Å². The third-order valence-electron chi connectivity index (χ3n) is 8.34. The molecule has 11 heteroatoms. The van der Waals surface area contributed by atoms with Gasteiger partial charge in [-0.1, -0.05) is 0 Å². The normalized spacial score (nSPS) is 22.1. The van der Waals surface area contributed by atoms with Gasteiger partial charge in [-0.15, -0.1) is 22.7 Å². The summed E-state index contributed by atoms with van der Waals surface area (Å²) in [6.07, 6.45) is 0. The maximum absolute atomic E-state index is 14.6. The highest BCUT2D eigenvalue weighted by molar-refractivity contribution is 7.10. The third-order valence-corrected chi connectivity index (χ3v) is 10.5. The number of likely N-dealkylation sites (tertiary alicyclic amines) is 1. The highest BCUT2D eigenvalue weighted by Crippen LogP contribution is 2.54. The van der Waals surface area contributed by atoms with Gasteiger partial charge in [0, 0.05) is 47.5 Å². The molecule has 1 aromatic carbocycles. The second-order valence-corrected chi connectivity index (χ2v) is 13.0. The standard InChI is InChI=1S/C32H33FN4O4S2/c1-18-10-16-42-29(18)25-24(28(38)23-9-4-20(3)41-23)26(30-19(2)11-17-43-30)37(27(25)31(39)36-14-12-34-13-15-36)32(40)35-22-7-5-21(33)6-8-22/h4-11,16-17,24-27,34H,12-15H2,1-3H3,(H,35,40). The minimum atomic E-state index is -0.965. The summed E-state index contributed by atoms with van der Waals surface area (Å²) in [5.74, 6) is -1.48. The maximum atomic E-state index is 14.6. The molecule has 2 N–H and O–H groups in total. The number of hydrogen-bond acceptors (Lipinski definition) is 7. The summed E-state index contributed by atoms with van der Waals surface area (Å²) in [4.78, 5) is 48.8. The van der Waals surface area contributed by atoms with Crippen LogP contribution >= 0.6 is 22.7 Å². The lowest BCUT2D eigenvalue weighted by molar-refractivity contribution is -0.136. The molecule has 6 rings (SSSR count). The van der Waals surface area contributed by atoms with Gasteiger partial charge in [-0.05, 0) is 91.2 Å². The van der Waals surface area contributed by atoms with Gasteiger partial charge in [-0.25, -0.2) is 9.18 Å². The first-order valence-corrected chi connectivity index (χ1v) is 16.0. The Morgan fingerprint density at radius 3 is 2.14 bits per heavy atom. The van der Waals surface area contributed by atoms with Crippen LogP contribution in [0, 0.1) is 32.5 Å². The Bertz CT molecular complexity index is 1640. The van der Waals surface area contributed by atoms with Gasteiger partial charge in [0.15, 0.2) is 5.76 Å². The van der Waals surface area contributed by atoms with Crippen molar-refractivity contribution in [2.45, 2.75) is 38.8 Å². The smallest absolute Gasteiger partial charge is 0.323 e. The van der Waals surface area contributed by atoms with Crippen LogP contribution in [0.25, 0.3) is 0 Å². The van der Waals surface area contributed by atoms with E-state index in [0.29, 0.717) is 37.6 Å². The van der Waals surface area contributed by atoms with E-state index in [1.807, 2.05) is 36.7 Å². The van der Waals surface area contributed by atoms with Crippen molar-refractivity contribution >= 4 is 46.1 Å². The zero-order valence-corrected chi connectivity index (χ0v) is 25.8. The minimum Gasteiger partial charge on any atom is -0.458 e. The number of amides is 3. The fourth-order valence-corrected chi connectivity index (χ4v) is 8.46. The molecule has 4 aromatic rings. The number of rotatable bonds is 6. The summed E-state index contributed by atoms with van der Waals surface area (Å²) in [5.41, 5.74) is 2.28. The number of furan rings is 1. The Hall–Kier alpha value is -3.80. The van der Waals surface area contributed by atoms with Gasteiger partial charge in [-0.3, -0.25) is 9.59 Å². The van der Waals surface area contributed by atoms with Crippen LogP contribution in [0.4, 0.5) is 14.9 Å². The predicted octanol–water partition coefficient (Wildman–Crippen LogP) is 6.14. The van der Waals surface area contributed by atoms with E-state index >= 15 is 0 Å². The fraction of sp³-hybridized carbons (Fsp3) is 0.344. The number of nitrogens with one attached hydrogen (secondary N) is 2. The minimum absolute atomic E-state index is 0.196. The van der Waals surface area contributed by atoms with Crippen molar-refractivity contribution < 1.29 is 23.2 Å². The lowest BCUT2D eigenvalue weighted by Gasteiger charge is -2.36. The van der Waals surface area contributed by atoms with Crippen LogP contribution < -0.4 is 10.6 Å². The molecule has 2 fully saturated rings. The van der Waals surface area contributed by atoms with Gasteiger partial charge in [0.05, 0.1) is 12.0 Å². The van der Waals surface area contributed by atoms with E-state index < -0.39 is 35.8 Å². The first-order chi connectivity index (χ1) is 20.7. The Labute approximate surface area is 257 Å². The number of nitrogens with zero attached hydrogens (tertiary/aromatic N) is 2. The molecule has 2 aliphatic heterocycles. The van der Waals surface area contributed by atoms with Crippen molar-refractivity contribution in [1.82, 2.24) is 15.1 Å². The van der Waals surface area contributed by atoms with Crippen LogP contribution in [0.1, 0.15) is 49.2 Å². The molecule has 0 bridgehead atoms. The lowest BCUT2D eigenvalue weighted by Crippen LogP contribution is -2.55. The van der Waals surface area contributed by atoms with Crippen LogP contribution in [-0.4, -0.2) is 59.7 Å². The Kier molecular flexibility index (Phi) is 8.21. The van der Waals surface area contributed by atoms with E-state index in [4.69, 9.17) is 4.42 Å². The number of carbonyl (C=O) groups excluding carboxylic acids is 3. The van der Waals surface area contributed by atoms with Crippen molar-refractivity contribution in [3.05, 3.63) is 97.5 Å². The molecule has 2 saturated heterocycles. The zero-order chi connectivity index (χ0) is 30.2. The Morgan fingerprint density at radius 2 is 1.56 bits per heavy atom. The van der Waals surface area contributed by atoms with Gasteiger partial charge >= 0.3 is 6.03 Å². The molecule has 3 aromatic heterocycles. The quantitative estimate of drug-likeness (QED) is 0.253. The van der Waals surface area contributed by atoms with Crippen molar-refractivity contribution in [3.63, 3.8) is 0 Å². The predicted molar refractivity (Wildman–Crippen MR) is 165 cm³/mol. The topological polar surface area (TPSA) is 94.9 Å². The van der Waals surface area contributed by atoms with E-state index in [0.717, 1.165) is 20.9 Å². The molecular weight excluding hydrogens is 588 g/mol. The van der Waals surface area contributed by atoms with Crippen molar-refractivity contribution in [3.8, 4) is 0 Å². The number of Topliss-reactive ketones (excluding diaryl/α,β-unsaturated/α-hetero) is 1. The second-order valence-electron chi connectivity index (χ2n) is 11.1. The number of urea groups is 1. The van der Waals surface area contributed by atoms with Crippen molar-refractivity contribution in [2.75, 3.05) is 31.5 Å². The van der Waals surface area contributed by atoms with E-state index in [1.54, 1.807) is 28.9 Å². The van der Waals surface area contributed by atoms with Gasteiger partial charge < -0.3 is 24.9 Å². The summed E-state index contributed by atoms with van der Waals surface area (Å²) >= 11 is 2.96. The SMILES string of the molecule is Cc1ccc(C(=O)C2C(c3sccc3C)C(C(=O)N3CCNCC3)N(C(=O)Nc3ccc(F)cc3)C2c2sccc2C)o1. The molecule has 4 atom stereocenters. The number of thiophene rings is 2. The molecule has 3 amide bonds. The molecule has 2 aliphatic rings. The number of piperazine rings is 1. The van der Waals surface area contributed by atoms with Crippen LogP contribution in [-0.2, 0) is 4.79 Å². The number of benzene rings is 1. The Morgan fingerprint density at radius 1 is 0.907 bits per heavy atom. The summed E-state index contributed by atoms with van der Waals surface area (Å²) < 4.78 is 19.6. The number of aryl methyl sites for hydroxylation is 3. The Balaban J connectivity index is 1.56. The van der Waals surface area contributed by atoms with E-state index in [9.17, 15) is 18.8 Å². The number of ketones is 1. The monoisotopic (exact) mass is 620 g/mol. The molecule has 8 nitrogen and oxygen atoms in total. The van der Waals surface area contributed by atoms with Crippen LogP contribution in [0.5, 0.6) is 0 Å². The maximum Gasteiger partial charge on any atom is 0.323 e. The molecule has 0 saturated carbocycles. The average Bonchev–Trinajstić information content (AvgIpc) is 3.80. The highest BCUT2D eigenvalue weighted by Gasteiger charge is 2.60. The first-order valence-electron chi connectivity index (χ1n) is 14.3. The lowest BCUT2D eigenvalue weighted by atomic mass is 9.80. The number of carbonyl (C=O) groups is 3. The average molecular weight is 621 g/mol. The fourth-order valence-electron chi connectivity index (χ4n) is 6.28. The highest BCUT2D eigenvalue weighted by atomic mass is 32.1. The van der Waals surface area contributed by atoms with Crippen LogP contribution in [0.15, 0.2) is 63.7 Å². The number of anilines is 1. The molecule has 43 heavy (non-hydrogen) atoms. The second kappa shape index (κ2) is 12.1. The van der Waals surface area contributed by atoms with Gasteiger partial charge in [-0.2, -0.15) is 0 Å². The summed E-state index contributed by atoms with van der Waals surface area (Å²) in [7, 11) is 0. The van der Waals surface area contributed by atoms with E-state index in [-0.39, 0.29) is 17.5 Å². The van der Waals surface area contributed by atoms with Crippen LogP contribution in [0.3, 0.4) is 0 Å². The third kappa shape index (κ3) is 5.52. The van der Waals surface area contributed by atoms with E-state index in [2.05, 4.69) is 10.6 Å². The van der Waals surface area contributed by atoms with Crippen LogP contribution in [0.2, 0.25) is 0 Å². The molecule has 224 valence electrons. The van der Waals surface area contributed by atoms with Crippen molar-refractivity contribution in [1.29, 1.82) is 0 Å². The molecule has 5 heterocycles. The molecular formula is C32H33FN4O4S2. The molecule has 0 spiro atoms. The zero-order valence-electron chi connectivity index (χ0n) is 24.1. The molecule has 0 radical (unpaired) electrons. The van der Waals surface area contributed by atoms with Gasteiger partial charge in [0.25, 0.3) is 0 Å². The first kappa shape index (κ1) is 29.3.